The average Bonchev–Trinajstić information content (AvgIpc) is 1.64. The summed E-state index contributed by atoms with van der Waals surface area (Å²) < 4.78 is 35.6. The first-order valence-electron chi connectivity index (χ1n) is 39.4. The Labute approximate surface area is 727 Å². The monoisotopic (exact) mass is 1750 g/mol. The van der Waals surface area contributed by atoms with Crippen molar-refractivity contribution in [3.8, 4) is 44.5 Å². The normalized spacial score (nSPS) is 14.6. The summed E-state index contributed by atoms with van der Waals surface area (Å²) in [5, 5.41) is 18.3. The Hall–Kier alpha value is -8.47. The van der Waals surface area contributed by atoms with E-state index in [0.29, 0.717) is 85.6 Å². The molecular formula is C88H94Cl8N16O6. The second-order valence-electron chi connectivity index (χ2n) is 29.3. The molecular weight excluding hydrogens is 1660 g/mol. The van der Waals surface area contributed by atoms with Gasteiger partial charge in [-0.1, -0.05) is 161 Å². The van der Waals surface area contributed by atoms with Gasteiger partial charge in [-0.2, -0.15) is 0 Å². The summed E-state index contributed by atoms with van der Waals surface area (Å²) in [5.41, 5.74) is 17.0. The van der Waals surface area contributed by atoms with Gasteiger partial charge in [0.25, 0.3) is 0 Å². The van der Waals surface area contributed by atoms with Crippen molar-refractivity contribution < 1.29 is 28.5 Å². The average molecular weight is 1760 g/mol. The number of rotatable bonds is 23. The maximum atomic E-state index is 11.5. The smallest absolute Gasteiger partial charge is 0.217 e. The van der Waals surface area contributed by atoms with Crippen LogP contribution in [0.4, 0.5) is 23.3 Å². The number of nitrogens with zero attached hydrogens (tertiary/aromatic N) is 12. The predicted molar refractivity (Wildman–Crippen MR) is 479 cm³/mol. The fourth-order valence-corrected chi connectivity index (χ4v) is 16.8. The molecule has 0 radical (unpaired) electrons. The van der Waals surface area contributed by atoms with Gasteiger partial charge >= 0.3 is 0 Å². The van der Waals surface area contributed by atoms with Gasteiger partial charge in [-0.25, -0.2) is 19.9 Å². The minimum atomic E-state index is -0.0922. The van der Waals surface area contributed by atoms with Gasteiger partial charge in [-0.3, -0.25) is 22.4 Å². The number of carbonyl (C=O) groups is 1. The zero-order valence-electron chi connectivity index (χ0n) is 66.1. The standard InChI is InChI=1S/C25H24Cl2N4O.C22H26Cl2N4O.C21H24Cl2N4O2.C20H20Cl2N4O2/c26-20-6-7-21(23(27)13-20)22-17-31-24(29-16-25(31)30-8-10-32-11-9-30)12-19(22)15-28-14-18-4-2-1-3-5-18;1-15(2)11-25-12-16-9-21-26-13-22(27-5-7-29-8-6-27)28(21)14-19(16)18-4-3-17(23)10-20(18)24;1-28-7-4-24-12-15-10-20-25-13-21(26-5-8-29-9-6-26)27(20)14-18(15)17-3-2-16(22)11-19(17)23;1-13(27)23-10-14-8-19-24-11-20(25-4-6-28-7-5-25)26(19)12-17(14)16-3-2-15(21)9-18(16)22/h1-7,12-13,16-17,28H,8-11,14-15H2;3-4,9-10,13-15,25H,5-8,11-12H2,1-2H3;2-3,10-11,13-14,24H,4-9,12H2,1H3;2-3,8-9,11-12H,4-7,10H2,1H3,(H,23,27). The third kappa shape index (κ3) is 21.4. The van der Waals surface area contributed by atoms with E-state index in [4.69, 9.17) is 121 Å². The number of aromatic nitrogens is 8. The SMILES string of the molecule is CC(=O)NCc1cc2ncc(N3CCOCC3)n2cc1-c1ccc(Cl)cc1Cl.CC(C)CNCc1cc2ncc(N3CCOCC3)n2cc1-c1ccc(Cl)cc1Cl.COCCNCc1cc2ncc(N3CCOCC3)n2cc1-c1ccc(Cl)cc1Cl.Clc1ccc(-c2cn3c(N4CCOCC4)cnc3cc2CNCc2ccccc2)c(Cl)c1. The Morgan fingerprint density at radius 2 is 0.695 bits per heavy atom. The van der Waals surface area contributed by atoms with Crippen LogP contribution in [-0.4, -0.2) is 175 Å². The fourth-order valence-electron chi connectivity index (χ4n) is 14.7. The van der Waals surface area contributed by atoms with Crippen LogP contribution in [0.5, 0.6) is 0 Å². The van der Waals surface area contributed by atoms with Crippen molar-refractivity contribution in [3.63, 3.8) is 0 Å². The predicted octanol–water partition coefficient (Wildman–Crippen LogP) is 18.0. The van der Waals surface area contributed by atoms with Gasteiger partial charge in [0.1, 0.15) is 45.9 Å². The van der Waals surface area contributed by atoms with Crippen molar-refractivity contribution in [2.45, 2.75) is 53.5 Å². The second-order valence-corrected chi connectivity index (χ2v) is 32.7. The second kappa shape index (κ2) is 41.2. The van der Waals surface area contributed by atoms with E-state index in [-0.39, 0.29) is 5.91 Å². The highest BCUT2D eigenvalue weighted by molar-refractivity contribution is 6.38. The number of hydrogen-bond donors (Lipinski definition) is 4. The van der Waals surface area contributed by atoms with Crippen LogP contribution < -0.4 is 40.9 Å². The summed E-state index contributed by atoms with van der Waals surface area (Å²) in [7, 11) is 1.70. The molecule has 4 aliphatic heterocycles. The number of methoxy groups -OCH3 is 1. The van der Waals surface area contributed by atoms with E-state index in [0.717, 1.165) is 225 Å². The molecule has 4 N–H and O–H groups in total. The van der Waals surface area contributed by atoms with Gasteiger partial charge in [0.15, 0.2) is 0 Å². The first kappa shape index (κ1) is 85.9. The number of anilines is 4. The molecule has 5 aromatic carbocycles. The molecule has 0 saturated carbocycles. The molecule has 118 heavy (non-hydrogen) atoms. The van der Waals surface area contributed by atoms with E-state index in [9.17, 15) is 4.79 Å². The van der Waals surface area contributed by atoms with Crippen LogP contribution in [0.2, 0.25) is 40.2 Å². The Morgan fingerprint density at radius 1 is 0.390 bits per heavy atom. The summed E-state index contributed by atoms with van der Waals surface area (Å²) in [6.07, 6.45) is 16.1. The molecule has 618 valence electrons. The topological polar surface area (TPSA) is 193 Å². The van der Waals surface area contributed by atoms with Crippen LogP contribution in [0.3, 0.4) is 0 Å². The van der Waals surface area contributed by atoms with E-state index in [1.54, 1.807) is 31.4 Å². The van der Waals surface area contributed by atoms with E-state index >= 15 is 0 Å². The molecule has 0 unspecified atom stereocenters. The summed E-state index contributed by atoms with van der Waals surface area (Å²) in [6, 6.07) is 41.1. The maximum Gasteiger partial charge on any atom is 0.217 e. The minimum absolute atomic E-state index is 0.0922. The number of carbonyl (C=O) groups excluding carboxylic acids is 1. The quantitative estimate of drug-likeness (QED) is 0.0441. The van der Waals surface area contributed by atoms with Crippen LogP contribution in [0.1, 0.15) is 48.6 Å². The lowest BCUT2D eigenvalue weighted by atomic mass is 10.0. The van der Waals surface area contributed by atoms with Crippen molar-refractivity contribution >= 4 is 145 Å². The van der Waals surface area contributed by atoms with Crippen LogP contribution in [-0.2, 0) is 61.2 Å². The number of imidazole rings is 4. The van der Waals surface area contributed by atoms with Gasteiger partial charge in [-0.15, -0.1) is 0 Å². The Morgan fingerprint density at radius 3 is 0.992 bits per heavy atom. The number of fused-ring (bicyclic) bond motifs is 4. The summed E-state index contributed by atoms with van der Waals surface area (Å²) >= 11 is 50.8. The van der Waals surface area contributed by atoms with Crippen LogP contribution in [0.15, 0.2) is 177 Å². The number of amides is 1. The molecule has 1 amide bonds. The van der Waals surface area contributed by atoms with Gasteiger partial charge < -0.3 is 64.6 Å². The molecule has 30 heteroatoms. The van der Waals surface area contributed by atoms with Gasteiger partial charge in [-0.05, 0) is 113 Å². The Balaban J connectivity index is 0.000000129. The van der Waals surface area contributed by atoms with Crippen molar-refractivity contribution in [1.29, 1.82) is 0 Å². The third-order valence-electron chi connectivity index (χ3n) is 20.8. The highest BCUT2D eigenvalue weighted by atomic mass is 35.5. The summed E-state index contributed by atoms with van der Waals surface area (Å²) in [6.45, 7) is 24.1. The summed E-state index contributed by atoms with van der Waals surface area (Å²) in [5.74, 6) is 4.71. The molecule has 13 aromatic rings. The lowest BCUT2D eigenvalue weighted by Crippen LogP contribution is -2.36. The number of pyridine rings is 4. The highest BCUT2D eigenvalue weighted by Gasteiger charge is 2.25. The molecule has 0 aliphatic carbocycles. The van der Waals surface area contributed by atoms with E-state index in [1.807, 2.05) is 91.6 Å². The zero-order chi connectivity index (χ0) is 82.2. The molecule has 4 saturated heterocycles. The third-order valence-corrected chi connectivity index (χ3v) is 23.0. The minimum Gasteiger partial charge on any atom is -0.383 e. The van der Waals surface area contributed by atoms with E-state index in [1.165, 1.54) is 18.1 Å². The van der Waals surface area contributed by atoms with Crippen molar-refractivity contribution in [3.05, 3.63) is 245 Å². The number of morpholine rings is 4. The van der Waals surface area contributed by atoms with Gasteiger partial charge in [0.05, 0.1) is 84.2 Å². The molecule has 17 rings (SSSR count). The van der Waals surface area contributed by atoms with Crippen LogP contribution >= 0.6 is 92.8 Å². The number of ether oxygens (including phenoxy) is 5. The summed E-state index contributed by atoms with van der Waals surface area (Å²) in [4.78, 5) is 39.2. The van der Waals surface area contributed by atoms with Crippen molar-refractivity contribution in [2.24, 2.45) is 5.92 Å². The zero-order valence-corrected chi connectivity index (χ0v) is 72.2. The molecule has 4 fully saturated rings. The number of nitrogens with one attached hydrogen (secondary N) is 4. The first-order chi connectivity index (χ1) is 57.4. The number of halogens is 8. The van der Waals surface area contributed by atoms with E-state index in [2.05, 4.69) is 148 Å². The number of hydrogen-bond acceptors (Lipinski definition) is 17. The number of benzene rings is 5. The maximum absolute atomic E-state index is 11.5. The molecule has 12 heterocycles. The molecule has 0 bridgehead atoms. The van der Waals surface area contributed by atoms with Crippen LogP contribution in [0.25, 0.3) is 67.1 Å². The molecule has 22 nitrogen and oxygen atoms in total. The van der Waals surface area contributed by atoms with Crippen LogP contribution in [0, 0.1) is 5.92 Å². The van der Waals surface area contributed by atoms with Gasteiger partial charge in [0, 0.05) is 215 Å². The van der Waals surface area contributed by atoms with E-state index < -0.39 is 0 Å². The molecule has 8 aromatic heterocycles. The van der Waals surface area contributed by atoms with Gasteiger partial charge in [0.2, 0.25) is 5.91 Å². The molecule has 0 spiro atoms. The lowest BCUT2D eigenvalue weighted by Gasteiger charge is -2.28. The first-order valence-corrected chi connectivity index (χ1v) is 42.5. The fraction of sp³-hybridized carbons (Fsp3) is 0.330. The molecule has 0 atom stereocenters. The van der Waals surface area contributed by atoms with Crippen molar-refractivity contribution in [2.75, 3.05) is 152 Å². The Bertz CT molecular complexity index is 5590. The Kier molecular flexibility index (Phi) is 30.0. The largest absolute Gasteiger partial charge is 0.383 e. The van der Waals surface area contributed by atoms with Crippen molar-refractivity contribution in [1.82, 2.24) is 58.8 Å². The molecule has 4 aliphatic rings. The highest BCUT2D eigenvalue weighted by Crippen LogP contribution is 2.40. The lowest BCUT2D eigenvalue weighted by molar-refractivity contribution is -0.119.